The lowest BCUT2D eigenvalue weighted by molar-refractivity contribution is -0.148. The molecule has 162 valence electrons. The summed E-state index contributed by atoms with van der Waals surface area (Å²) in [5.41, 5.74) is 2.64. The first-order chi connectivity index (χ1) is 14.8. The number of hydrogen-bond acceptors (Lipinski definition) is 5. The molecule has 2 aromatic carbocycles. The van der Waals surface area contributed by atoms with Crippen LogP contribution in [0.4, 0.5) is 5.69 Å². The van der Waals surface area contributed by atoms with Gasteiger partial charge < -0.3 is 15.4 Å². The lowest BCUT2D eigenvalue weighted by atomic mass is 9.99. The van der Waals surface area contributed by atoms with Gasteiger partial charge in [0.2, 0.25) is 11.8 Å². The normalized spacial score (nSPS) is 15.7. The van der Waals surface area contributed by atoms with Gasteiger partial charge in [-0.05, 0) is 42.2 Å². The fourth-order valence-corrected chi connectivity index (χ4v) is 3.40. The van der Waals surface area contributed by atoms with Crippen LogP contribution in [0.25, 0.3) is 0 Å². The van der Waals surface area contributed by atoms with E-state index in [-0.39, 0.29) is 35.9 Å². The minimum Gasteiger partial charge on any atom is -0.456 e. The second kappa shape index (κ2) is 9.55. The van der Waals surface area contributed by atoms with Crippen LogP contribution in [0.1, 0.15) is 48.2 Å². The Kier molecular flexibility index (Phi) is 6.84. The molecule has 0 aromatic heterocycles. The summed E-state index contributed by atoms with van der Waals surface area (Å²) in [5.74, 6) is -1.98. The Balaban J connectivity index is 1.58. The minimum absolute atomic E-state index is 0.114. The Hall–Kier alpha value is -3.48. The van der Waals surface area contributed by atoms with E-state index in [4.69, 9.17) is 4.74 Å². The van der Waals surface area contributed by atoms with Crippen molar-refractivity contribution in [1.29, 1.82) is 0 Å². The zero-order valence-electron chi connectivity index (χ0n) is 17.8. The molecule has 7 nitrogen and oxygen atoms in total. The van der Waals surface area contributed by atoms with Crippen molar-refractivity contribution in [1.82, 2.24) is 5.32 Å². The molecule has 0 unspecified atom stereocenters. The molecule has 2 aromatic rings. The Bertz CT molecular complexity index is 1000. The number of anilines is 1. The van der Waals surface area contributed by atoms with Gasteiger partial charge in [-0.1, -0.05) is 44.2 Å². The number of Topliss-reactive ketones (excluding diaryl/α,β-unsaturated/α-hetero) is 1. The van der Waals surface area contributed by atoms with E-state index in [9.17, 15) is 19.2 Å². The summed E-state index contributed by atoms with van der Waals surface area (Å²) in [7, 11) is 0. The number of fused-ring (bicyclic) bond motifs is 1. The maximum Gasteiger partial charge on any atom is 0.329 e. The summed E-state index contributed by atoms with van der Waals surface area (Å²) in [6.07, 6.45) is 0.149. The van der Waals surface area contributed by atoms with Crippen LogP contribution in [0.3, 0.4) is 0 Å². The number of nitrogens with one attached hydrogen (secondary N) is 2. The molecule has 31 heavy (non-hydrogen) atoms. The molecule has 0 fully saturated rings. The first-order valence-corrected chi connectivity index (χ1v) is 10.2. The van der Waals surface area contributed by atoms with E-state index in [2.05, 4.69) is 10.6 Å². The number of hydrogen-bond donors (Lipinski definition) is 2. The number of amides is 2. The van der Waals surface area contributed by atoms with Gasteiger partial charge in [-0.3, -0.25) is 14.4 Å². The highest BCUT2D eigenvalue weighted by molar-refractivity contribution is 6.05. The standard InChI is InChI=1S/C24H26N2O5/c1-14(2)22(26-21(28)11-16-7-5-4-6-8-16)24(30)31-13-20(27)17-9-10-19-18(12-17)15(3)23(29)25-19/h4-10,12,14-15,22H,11,13H2,1-3H3,(H,25,29)(H,26,28)/t15-,22+/m1/s1. The van der Waals surface area contributed by atoms with Gasteiger partial charge >= 0.3 is 5.97 Å². The number of ketones is 1. The first-order valence-electron chi connectivity index (χ1n) is 10.2. The van der Waals surface area contributed by atoms with Crippen LogP contribution in [-0.2, 0) is 25.5 Å². The fourth-order valence-electron chi connectivity index (χ4n) is 3.40. The second-order valence-corrected chi connectivity index (χ2v) is 8.00. The van der Waals surface area contributed by atoms with Crippen LogP contribution >= 0.6 is 0 Å². The van der Waals surface area contributed by atoms with Crippen molar-refractivity contribution >= 4 is 29.3 Å². The molecule has 0 bridgehead atoms. The largest absolute Gasteiger partial charge is 0.456 e. The van der Waals surface area contributed by atoms with E-state index >= 15 is 0 Å². The molecule has 0 spiro atoms. The third-order valence-corrected chi connectivity index (χ3v) is 5.28. The molecule has 7 heteroatoms. The smallest absolute Gasteiger partial charge is 0.329 e. The number of benzene rings is 2. The zero-order chi connectivity index (χ0) is 22.5. The molecular weight excluding hydrogens is 396 g/mol. The van der Waals surface area contributed by atoms with Crippen LogP contribution in [0.15, 0.2) is 48.5 Å². The van der Waals surface area contributed by atoms with Gasteiger partial charge in [-0.25, -0.2) is 4.79 Å². The quantitative estimate of drug-likeness (QED) is 0.503. The minimum atomic E-state index is -0.856. The Morgan fingerprint density at radius 3 is 2.48 bits per heavy atom. The van der Waals surface area contributed by atoms with Crippen molar-refractivity contribution < 1.29 is 23.9 Å². The van der Waals surface area contributed by atoms with Crippen molar-refractivity contribution in [3.8, 4) is 0 Å². The van der Waals surface area contributed by atoms with Crippen molar-refractivity contribution in [3.63, 3.8) is 0 Å². The van der Waals surface area contributed by atoms with Crippen LogP contribution in [0, 0.1) is 5.92 Å². The topological polar surface area (TPSA) is 102 Å². The second-order valence-electron chi connectivity index (χ2n) is 8.00. The van der Waals surface area contributed by atoms with Gasteiger partial charge in [0.05, 0.1) is 12.3 Å². The number of carbonyl (C=O) groups excluding carboxylic acids is 4. The van der Waals surface area contributed by atoms with Gasteiger partial charge in [0.1, 0.15) is 6.04 Å². The molecule has 0 aliphatic carbocycles. The summed E-state index contributed by atoms with van der Waals surface area (Å²) in [4.78, 5) is 49.2. The van der Waals surface area contributed by atoms with Crippen molar-refractivity contribution in [2.45, 2.75) is 39.2 Å². The molecule has 2 amide bonds. The molecule has 2 atom stereocenters. The SMILES string of the molecule is CC(C)[C@H](NC(=O)Cc1ccccc1)C(=O)OCC(=O)c1ccc2c(c1)[C@@H](C)C(=O)N2. The lowest BCUT2D eigenvalue weighted by Crippen LogP contribution is -2.46. The van der Waals surface area contributed by atoms with Crippen LogP contribution in [0.5, 0.6) is 0 Å². The van der Waals surface area contributed by atoms with Crippen molar-refractivity contribution in [3.05, 3.63) is 65.2 Å². The average Bonchev–Trinajstić information content (AvgIpc) is 3.03. The Labute approximate surface area is 181 Å². The summed E-state index contributed by atoms with van der Waals surface area (Å²) < 4.78 is 5.21. The zero-order valence-corrected chi connectivity index (χ0v) is 17.8. The van der Waals surface area contributed by atoms with Crippen LogP contribution in [-0.4, -0.2) is 36.2 Å². The van der Waals surface area contributed by atoms with Crippen molar-refractivity contribution in [2.24, 2.45) is 5.92 Å². The first kappa shape index (κ1) is 22.2. The molecule has 1 aliphatic heterocycles. The highest BCUT2D eigenvalue weighted by Crippen LogP contribution is 2.32. The van der Waals surface area contributed by atoms with E-state index in [0.29, 0.717) is 11.3 Å². The maximum absolute atomic E-state index is 12.5. The molecule has 0 radical (unpaired) electrons. The molecule has 0 saturated carbocycles. The summed E-state index contributed by atoms with van der Waals surface area (Å²) >= 11 is 0. The number of ether oxygens (including phenoxy) is 1. The van der Waals surface area contributed by atoms with E-state index in [1.54, 1.807) is 39.0 Å². The Morgan fingerprint density at radius 2 is 1.81 bits per heavy atom. The van der Waals surface area contributed by atoms with Crippen molar-refractivity contribution in [2.75, 3.05) is 11.9 Å². The van der Waals surface area contributed by atoms with E-state index < -0.39 is 18.6 Å². The molecule has 0 saturated heterocycles. The van der Waals surface area contributed by atoms with Gasteiger partial charge in [0, 0.05) is 11.3 Å². The van der Waals surface area contributed by atoms with Crippen LogP contribution < -0.4 is 10.6 Å². The maximum atomic E-state index is 12.5. The van der Waals surface area contributed by atoms with E-state index in [1.807, 2.05) is 30.3 Å². The third kappa shape index (κ3) is 5.36. The molecule has 2 N–H and O–H groups in total. The highest BCUT2D eigenvalue weighted by atomic mass is 16.5. The number of esters is 1. The van der Waals surface area contributed by atoms with E-state index in [0.717, 1.165) is 11.1 Å². The van der Waals surface area contributed by atoms with Gasteiger partial charge in [0.15, 0.2) is 12.4 Å². The molecule has 3 rings (SSSR count). The van der Waals surface area contributed by atoms with Gasteiger partial charge in [-0.15, -0.1) is 0 Å². The summed E-state index contributed by atoms with van der Waals surface area (Å²) in [6.45, 7) is 4.91. The average molecular weight is 422 g/mol. The van der Waals surface area contributed by atoms with Crippen LogP contribution in [0.2, 0.25) is 0 Å². The fraction of sp³-hybridized carbons (Fsp3) is 0.333. The summed E-state index contributed by atoms with van der Waals surface area (Å²) in [5, 5.41) is 5.45. The molecule has 1 aliphatic rings. The molecule has 1 heterocycles. The predicted molar refractivity (Wildman–Crippen MR) is 116 cm³/mol. The van der Waals surface area contributed by atoms with Gasteiger partial charge in [-0.2, -0.15) is 0 Å². The third-order valence-electron chi connectivity index (χ3n) is 5.28. The monoisotopic (exact) mass is 422 g/mol. The molecular formula is C24H26N2O5. The van der Waals surface area contributed by atoms with Gasteiger partial charge in [0.25, 0.3) is 0 Å². The Morgan fingerprint density at radius 1 is 1.10 bits per heavy atom. The highest BCUT2D eigenvalue weighted by Gasteiger charge is 2.29. The summed E-state index contributed by atoms with van der Waals surface area (Å²) in [6, 6.07) is 13.3. The number of carbonyl (C=O) groups is 4. The van der Waals surface area contributed by atoms with E-state index in [1.165, 1.54) is 0 Å². The number of rotatable bonds is 8. The predicted octanol–water partition coefficient (Wildman–Crippen LogP) is 2.85. The lowest BCUT2D eigenvalue weighted by Gasteiger charge is -2.20.